The van der Waals surface area contributed by atoms with Crippen molar-refractivity contribution in [3.63, 3.8) is 0 Å². The quantitative estimate of drug-likeness (QED) is 0.0124. The summed E-state index contributed by atoms with van der Waals surface area (Å²) in [5, 5.41) is 6.73. The van der Waals surface area contributed by atoms with Gasteiger partial charge in [0.15, 0.2) is 0 Å². The van der Waals surface area contributed by atoms with E-state index in [1.54, 1.807) is 60.7 Å². The van der Waals surface area contributed by atoms with E-state index in [1.165, 1.54) is 18.3 Å². The van der Waals surface area contributed by atoms with Crippen molar-refractivity contribution in [3.05, 3.63) is 442 Å². The highest BCUT2D eigenvalue weighted by molar-refractivity contribution is 7.78. The molecule has 2 atom stereocenters. The van der Waals surface area contributed by atoms with Crippen molar-refractivity contribution >= 4 is 92.0 Å². The molecule has 14 aromatic rings. The highest BCUT2D eigenvalue weighted by atomic mass is 32.2. The number of anilines is 2. The molecule has 24 heteroatoms. The number of carbonyl (C=O) groups is 6. The van der Waals surface area contributed by atoms with Crippen LogP contribution < -0.4 is 66.8 Å². The molecule has 21 nitrogen and oxygen atoms in total. The Hall–Kier alpha value is -13.8. The van der Waals surface area contributed by atoms with Gasteiger partial charge in [0.25, 0.3) is 11.8 Å². The molecule has 0 aliphatic carbocycles. The molecule has 14 rings (SSSR count). The van der Waals surface area contributed by atoms with Gasteiger partial charge in [0, 0.05) is 18.2 Å². The summed E-state index contributed by atoms with van der Waals surface area (Å²) in [7, 11) is 0. The first-order chi connectivity index (χ1) is 57.1. The van der Waals surface area contributed by atoms with E-state index >= 15 is 0 Å². The fraction of sp³-hybridized carbons (Fsp3) is 0.0753. The molecule has 1 aromatic heterocycles. The summed E-state index contributed by atoms with van der Waals surface area (Å²) >= 11 is -2.28. The SMILES string of the molecule is CC(=O)Nc1ccc(NNC=O)cc1.Cc1ccc(OS(=O)NNC(=O)Cc2ccc3ccccc3c2)cc1.Cc1ccc(OS(=O)NNC(=O)Cc2ccccc2)cc1.O=C(NNC(c1ccccc1)(c1ccccc1)c1ccccc1)c1ccccc1.O=C(NNC(c1ccccc1)(c1ccccc1)c1ccccc1)c1cccs1. The van der Waals surface area contributed by atoms with E-state index in [2.05, 4.69) is 131 Å². The number of thiophene rings is 1. The molecule has 0 radical (unpaired) electrons. The number of carbonyl (C=O) groups excluding carboxylic acids is 6. The number of aryl methyl sites for hydroxylation is 2. The van der Waals surface area contributed by atoms with Crippen molar-refractivity contribution in [2.75, 3.05) is 10.7 Å². The van der Waals surface area contributed by atoms with Crippen molar-refractivity contribution in [2.24, 2.45) is 0 Å². The van der Waals surface area contributed by atoms with Crippen LogP contribution in [0.4, 0.5) is 11.4 Å². The number of hydrogen-bond acceptors (Lipinski definition) is 14. The van der Waals surface area contributed by atoms with Crippen molar-refractivity contribution in [1.29, 1.82) is 0 Å². The Balaban J connectivity index is 0.000000157. The zero-order valence-corrected chi connectivity index (χ0v) is 66.5. The first kappa shape index (κ1) is 85.6. The monoisotopic (exact) mass is 1610 g/mol. The number of hydrogen-bond donors (Lipinski definition) is 11. The van der Waals surface area contributed by atoms with Crippen LogP contribution in [0.2, 0.25) is 0 Å². The highest BCUT2D eigenvalue weighted by Crippen LogP contribution is 2.38. The lowest BCUT2D eigenvalue weighted by Gasteiger charge is -2.37. The third kappa shape index (κ3) is 26.4. The molecule has 13 aromatic carbocycles. The van der Waals surface area contributed by atoms with Gasteiger partial charge in [-0.15, -0.1) is 21.0 Å². The minimum Gasteiger partial charge on any atom is -0.388 e. The molecular weight excluding hydrogens is 1530 g/mol. The summed E-state index contributed by atoms with van der Waals surface area (Å²) in [5.74, 6) is -0.112. The Kier molecular flexibility index (Phi) is 33.0. The van der Waals surface area contributed by atoms with Crippen LogP contribution in [0.1, 0.15) is 82.6 Å². The van der Waals surface area contributed by atoms with E-state index in [4.69, 9.17) is 8.37 Å². The second-order valence-corrected chi connectivity index (χ2v) is 28.6. The first-order valence-corrected chi connectivity index (χ1v) is 39.9. The molecule has 592 valence electrons. The summed E-state index contributed by atoms with van der Waals surface area (Å²) in [6.45, 7) is 5.34. The van der Waals surface area contributed by atoms with Gasteiger partial charge in [-0.2, -0.15) is 8.42 Å². The van der Waals surface area contributed by atoms with E-state index < -0.39 is 33.6 Å². The second kappa shape index (κ2) is 45.2. The van der Waals surface area contributed by atoms with E-state index in [-0.39, 0.29) is 42.4 Å². The van der Waals surface area contributed by atoms with Gasteiger partial charge >= 0.3 is 22.5 Å². The molecule has 2 unspecified atom stereocenters. The van der Waals surface area contributed by atoms with E-state index in [0.717, 1.165) is 72.1 Å². The molecule has 6 amide bonds. The van der Waals surface area contributed by atoms with Crippen molar-refractivity contribution in [1.82, 2.24) is 47.6 Å². The van der Waals surface area contributed by atoms with Gasteiger partial charge in [-0.3, -0.25) is 61.3 Å². The maximum atomic E-state index is 12.8. The van der Waals surface area contributed by atoms with Gasteiger partial charge in [0.1, 0.15) is 22.6 Å². The Morgan fingerprint density at radius 2 is 0.744 bits per heavy atom. The number of benzene rings is 13. The van der Waals surface area contributed by atoms with Crippen LogP contribution in [-0.4, -0.2) is 44.4 Å². The minimum absolute atomic E-state index is 0.114. The molecule has 0 aliphatic heterocycles. The third-order valence-corrected chi connectivity index (χ3v) is 19.6. The zero-order valence-electron chi connectivity index (χ0n) is 64.1. The van der Waals surface area contributed by atoms with Gasteiger partial charge in [-0.1, -0.05) is 314 Å². The first-order valence-electron chi connectivity index (χ1n) is 36.9. The van der Waals surface area contributed by atoms with Crippen LogP contribution in [-0.2, 0) is 65.6 Å². The Morgan fingerprint density at radius 1 is 0.376 bits per heavy atom. The molecule has 0 fully saturated rings. The van der Waals surface area contributed by atoms with Gasteiger partial charge in [0.2, 0.25) is 24.1 Å². The molecule has 0 bridgehead atoms. The molecular formula is C93H87N11O10S3. The van der Waals surface area contributed by atoms with Crippen LogP contribution in [0, 0.1) is 13.8 Å². The Bertz CT molecular complexity index is 5260. The number of nitrogens with one attached hydrogen (secondary N) is 11. The van der Waals surface area contributed by atoms with Gasteiger partial charge in [-0.25, -0.2) is 10.9 Å². The average molecular weight is 1610 g/mol. The molecule has 11 N–H and O–H groups in total. The van der Waals surface area contributed by atoms with Gasteiger partial charge in [-0.05, 0) is 141 Å². The lowest BCUT2D eigenvalue weighted by molar-refractivity contribution is -0.121. The van der Waals surface area contributed by atoms with Crippen LogP contribution >= 0.6 is 11.3 Å². The summed E-state index contributed by atoms with van der Waals surface area (Å²) in [5.41, 5.74) is 33.1. The smallest absolute Gasteiger partial charge is 0.306 e. The van der Waals surface area contributed by atoms with Crippen molar-refractivity contribution < 1.29 is 45.6 Å². The molecule has 0 aliphatic rings. The highest BCUT2D eigenvalue weighted by Gasteiger charge is 2.38. The lowest BCUT2D eigenvalue weighted by atomic mass is 9.77. The number of rotatable bonds is 28. The van der Waals surface area contributed by atoms with E-state index in [1.807, 2.05) is 256 Å². The van der Waals surface area contributed by atoms with Crippen LogP contribution in [0.15, 0.2) is 375 Å². The molecule has 0 spiro atoms. The zero-order chi connectivity index (χ0) is 82.3. The van der Waals surface area contributed by atoms with Crippen LogP contribution in [0.25, 0.3) is 10.8 Å². The molecule has 0 saturated carbocycles. The van der Waals surface area contributed by atoms with Crippen LogP contribution in [0.3, 0.4) is 0 Å². The van der Waals surface area contributed by atoms with Crippen LogP contribution in [0.5, 0.6) is 11.5 Å². The fourth-order valence-corrected chi connectivity index (χ4v) is 13.6. The van der Waals surface area contributed by atoms with Crippen molar-refractivity contribution in [2.45, 2.75) is 44.7 Å². The molecule has 1 heterocycles. The number of fused-ring (bicyclic) bond motifs is 1. The predicted octanol–water partition coefficient (Wildman–Crippen LogP) is 15.4. The summed E-state index contributed by atoms with van der Waals surface area (Å²) in [6, 6.07) is 118. The normalized spacial score (nSPS) is 11.1. The minimum atomic E-state index is -1.86. The fourth-order valence-electron chi connectivity index (χ4n) is 12.0. The number of hydrazine groups is 5. The maximum absolute atomic E-state index is 12.8. The van der Waals surface area contributed by atoms with E-state index in [0.29, 0.717) is 34.0 Å². The summed E-state index contributed by atoms with van der Waals surface area (Å²) in [4.78, 5) is 75.1. The maximum Gasteiger partial charge on any atom is 0.306 e. The Labute approximate surface area is 689 Å². The standard InChI is InChI=1S/C26H22N2O.C24H20N2OS.C19H18N2O3S.C15H16N2O3S.C9H11N3O2/c29-25(21-13-5-1-6-14-21)27-28-26(22-15-7-2-8-16-22,23-17-9-3-10-18-23)24-19-11-4-12-20-24;27-23(22-17-10-18-28-22)25-26-24(19-11-4-1-5-12-19,20-13-6-2-7-14-20)21-15-8-3-9-16-21;1-14-6-10-18(11-7-14)24-25(23)21-20-19(22)13-15-8-9-16-4-2-3-5-17(16)12-15;1-12-7-9-14(10-8-12)20-21(19)17-16-15(18)11-13-5-3-2-4-6-13;1-7(14)11-8-2-4-9(5-3-8)12-10-6-13/h1-20,28H,(H,27,29);1-18,26H,(H,25,27);2-12,21H,13H2,1H3,(H,20,22);2-10,17H,11H2,1H3,(H,16,18);2-6,12H,1H3,(H,10,13)(H,11,14). The largest absolute Gasteiger partial charge is 0.388 e. The topological polar surface area (TPSA) is 287 Å². The predicted molar refractivity (Wildman–Crippen MR) is 464 cm³/mol. The van der Waals surface area contributed by atoms with Gasteiger partial charge < -0.3 is 13.7 Å². The summed E-state index contributed by atoms with van der Waals surface area (Å²) < 4.78 is 33.7. The Morgan fingerprint density at radius 3 is 1.14 bits per heavy atom. The van der Waals surface area contributed by atoms with E-state index in [9.17, 15) is 37.2 Å². The third-order valence-electron chi connectivity index (χ3n) is 17.5. The van der Waals surface area contributed by atoms with Gasteiger partial charge in [0.05, 0.1) is 23.4 Å². The average Bonchev–Trinajstić information content (AvgIpc) is 0.914. The second-order valence-electron chi connectivity index (χ2n) is 25.9. The molecule has 0 saturated heterocycles. The summed E-state index contributed by atoms with van der Waals surface area (Å²) in [6.07, 6.45) is 0.927. The molecule has 117 heavy (non-hydrogen) atoms. The van der Waals surface area contributed by atoms with Crippen molar-refractivity contribution in [3.8, 4) is 11.5 Å². The number of amides is 6. The lowest BCUT2D eigenvalue weighted by Crippen LogP contribution is -2.53.